The number of nitro groups is 1. The molecule has 0 aliphatic carbocycles. The van der Waals surface area contributed by atoms with Crippen molar-refractivity contribution in [3.8, 4) is 11.8 Å². The Bertz CT molecular complexity index is 1130. The van der Waals surface area contributed by atoms with Gasteiger partial charge in [-0.15, -0.1) is 0 Å². The summed E-state index contributed by atoms with van der Waals surface area (Å²) in [7, 11) is 1.51. The number of aromatic amines is 1. The van der Waals surface area contributed by atoms with Crippen LogP contribution in [-0.2, 0) is 13.6 Å². The highest BCUT2D eigenvalue weighted by Gasteiger charge is 2.29. The van der Waals surface area contributed by atoms with Crippen molar-refractivity contribution >= 4 is 16.9 Å². The molecular formula is C15H13N5O6. The molecule has 26 heavy (non-hydrogen) atoms. The van der Waals surface area contributed by atoms with Gasteiger partial charge in [-0.05, 0) is 12.1 Å². The summed E-state index contributed by atoms with van der Waals surface area (Å²) >= 11 is 0. The maximum Gasteiger partial charge on any atom is 0.329 e. The molecule has 0 radical (unpaired) electrons. The normalized spacial score (nSPS) is 15.7. The Hall–Kier alpha value is -3.63. The van der Waals surface area contributed by atoms with E-state index in [4.69, 9.17) is 9.47 Å². The van der Waals surface area contributed by atoms with Crippen LogP contribution in [0.1, 0.15) is 0 Å². The summed E-state index contributed by atoms with van der Waals surface area (Å²) in [6.45, 7) is 0.506. The Morgan fingerprint density at radius 3 is 2.81 bits per heavy atom. The lowest BCUT2D eigenvalue weighted by Gasteiger charge is -2.11. The highest BCUT2D eigenvalue weighted by molar-refractivity contribution is 5.72. The molecule has 2 aromatic heterocycles. The molecule has 11 nitrogen and oxygen atoms in total. The van der Waals surface area contributed by atoms with Crippen LogP contribution in [0.4, 0.5) is 5.69 Å². The van der Waals surface area contributed by atoms with Crippen molar-refractivity contribution < 1.29 is 14.4 Å². The molecule has 11 heteroatoms. The van der Waals surface area contributed by atoms with Crippen molar-refractivity contribution in [2.45, 2.75) is 12.6 Å². The molecule has 3 heterocycles. The smallest absolute Gasteiger partial charge is 0.329 e. The zero-order valence-electron chi connectivity index (χ0n) is 13.5. The number of imidazole rings is 1. The lowest BCUT2D eigenvalue weighted by molar-refractivity contribution is -0.384. The zero-order chi connectivity index (χ0) is 18.4. The van der Waals surface area contributed by atoms with Gasteiger partial charge in [0.05, 0.1) is 11.5 Å². The summed E-state index contributed by atoms with van der Waals surface area (Å²) in [5, 5.41) is 10.6. The molecule has 1 N–H and O–H groups in total. The number of benzene rings is 1. The number of H-pyrrole nitrogens is 1. The quantitative estimate of drug-likeness (QED) is 0.518. The van der Waals surface area contributed by atoms with Gasteiger partial charge in [0.1, 0.15) is 12.4 Å². The zero-order valence-corrected chi connectivity index (χ0v) is 13.5. The van der Waals surface area contributed by atoms with Crippen molar-refractivity contribution in [1.82, 2.24) is 19.1 Å². The highest BCUT2D eigenvalue weighted by atomic mass is 16.6. The van der Waals surface area contributed by atoms with E-state index in [9.17, 15) is 19.7 Å². The number of ether oxygens (including phenoxy) is 2. The number of fused-ring (bicyclic) bond motifs is 3. The minimum atomic E-state index is -0.544. The lowest BCUT2D eigenvalue weighted by Crippen LogP contribution is -2.30. The first-order valence-electron chi connectivity index (χ1n) is 7.67. The van der Waals surface area contributed by atoms with E-state index in [1.54, 1.807) is 4.57 Å². The second-order valence-electron chi connectivity index (χ2n) is 5.80. The van der Waals surface area contributed by atoms with Crippen molar-refractivity contribution in [3.63, 3.8) is 0 Å². The number of hydrogen-bond donors (Lipinski definition) is 1. The van der Waals surface area contributed by atoms with Crippen LogP contribution in [0.25, 0.3) is 11.2 Å². The summed E-state index contributed by atoms with van der Waals surface area (Å²) in [4.78, 5) is 40.3. The van der Waals surface area contributed by atoms with E-state index in [1.165, 1.54) is 35.9 Å². The molecule has 0 unspecified atom stereocenters. The summed E-state index contributed by atoms with van der Waals surface area (Å²) < 4.78 is 14.1. The molecule has 0 amide bonds. The first-order valence-corrected chi connectivity index (χ1v) is 7.67. The van der Waals surface area contributed by atoms with E-state index >= 15 is 0 Å². The molecule has 0 spiro atoms. The first kappa shape index (κ1) is 15.9. The highest BCUT2D eigenvalue weighted by Crippen LogP contribution is 2.26. The lowest BCUT2D eigenvalue weighted by atomic mass is 10.3. The van der Waals surface area contributed by atoms with E-state index in [0.29, 0.717) is 12.3 Å². The van der Waals surface area contributed by atoms with E-state index < -0.39 is 16.2 Å². The number of nitro benzene ring substituents is 1. The number of rotatable bonds is 4. The van der Waals surface area contributed by atoms with Crippen LogP contribution in [0, 0.1) is 10.1 Å². The van der Waals surface area contributed by atoms with Gasteiger partial charge < -0.3 is 9.47 Å². The standard InChI is InChI=1S/C15H13N5O6/c1-18-12-11(13(21)17-14(18)22)19-6-10(26-15(19)16-12)7-25-9-4-2-8(3-5-9)20(23)24/h2-5,10H,6-7H2,1H3,(H,17,21,22)/t10-/m1/s1. The maximum absolute atomic E-state index is 12.1. The van der Waals surface area contributed by atoms with Crippen LogP contribution in [0.5, 0.6) is 11.8 Å². The van der Waals surface area contributed by atoms with Gasteiger partial charge in [-0.25, -0.2) is 4.79 Å². The minimum absolute atomic E-state index is 0.0223. The Labute approximate surface area is 144 Å². The van der Waals surface area contributed by atoms with Gasteiger partial charge in [0.15, 0.2) is 17.3 Å². The third-order valence-electron chi connectivity index (χ3n) is 4.11. The van der Waals surface area contributed by atoms with Crippen molar-refractivity contribution in [2.75, 3.05) is 6.61 Å². The molecule has 4 rings (SSSR count). The number of aryl methyl sites for hydroxylation is 1. The largest absolute Gasteiger partial charge is 0.490 e. The van der Waals surface area contributed by atoms with E-state index in [0.717, 1.165) is 0 Å². The average Bonchev–Trinajstić information content (AvgIpc) is 3.15. The van der Waals surface area contributed by atoms with Gasteiger partial charge in [-0.2, -0.15) is 4.98 Å². The third kappa shape index (κ3) is 2.49. The van der Waals surface area contributed by atoms with Gasteiger partial charge in [0.25, 0.3) is 17.3 Å². The monoisotopic (exact) mass is 359 g/mol. The topological polar surface area (TPSA) is 134 Å². The van der Waals surface area contributed by atoms with Crippen LogP contribution >= 0.6 is 0 Å². The minimum Gasteiger partial charge on any atom is -0.490 e. The van der Waals surface area contributed by atoms with E-state index in [-0.39, 0.29) is 35.6 Å². The first-order chi connectivity index (χ1) is 12.4. The molecule has 134 valence electrons. The fourth-order valence-corrected chi connectivity index (χ4v) is 2.80. The number of hydrogen-bond acceptors (Lipinski definition) is 7. The molecule has 1 atom stereocenters. The van der Waals surface area contributed by atoms with Crippen LogP contribution in [-0.4, -0.2) is 36.7 Å². The molecular weight excluding hydrogens is 346 g/mol. The molecule has 3 aromatic rings. The van der Waals surface area contributed by atoms with Crippen LogP contribution in [0.15, 0.2) is 33.9 Å². The number of nitrogens with zero attached hydrogens (tertiary/aromatic N) is 4. The van der Waals surface area contributed by atoms with Crippen molar-refractivity contribution in [3.05, 3.63) is 55.2 Å². The van der Waals surface area contributed by atoms with Gasteiger partial charge >= 0.3 is 5.69 Å². The van der Waals surface area contributed by atoms with E-state index in [1.807, 2.05) is 0 Å². The van der Waals surface area contributed by atoms with Crippen molar-refractivity contribution in [1.29, 1.82) is 0 Å². The van der Waals surface area contributed by atoms with Gasteiger partial charge in [0, 0.05) is 19.2 Å². The second-order valence-corrected chi connectivity index (χ2v) is 5.80. The molecule has 0 saturated heterocycles. The van der Waals surface area contributed by atoms with Gasteiger partial charge in [0.2, 0.25) is 0 Å². The Balaban J connectivity index is 1.51. The van der Waals surface area contributed by atoms with E-state index in [2.05, 4.69) is 9.97 Å². The molecule has 1 aliphatic rings. The summed E-state index contributed by atoms with van der Waals surface area (Å²) in [6.07, 6.45) is -0.381. The summed E-state index contributed by atoms with van der Waals surface area (Å²) in [6, 6.07) is 5.94. The third-order valence-corrected chi connectivity index (χ3v) is 4.11. The molecule has 1 aromatic carbocycles. The number of nitrogens with one attached hydrogen (secondary N) is 1. The van der Waals surface area contributed by atoms with Gasteiger partial charge in [-0.3, -0.25) is 29.0 Å². The number of non-ortho nitro benzene ring substituents is 1. The molecule has 1 aliphatic heterocycles. The Morgan fingerprint density at radius 1 is 1.38 bits per heavy atom. The maximum atomic E-state index is 12.1. The SMILES string of the molecule is Cn1c(=O)[nH]c(=O)c2c1nc1n2C[C@H](COc2ccc([N+](=O)[O-])cc2)O1. The van der Waals surface area contributed by atoms with Crippen molar-refractivity contribution in [2.24, 2.45) is 7.05 Å². The summed E-state index contributed by atoms with van der Waals surface area (Å²) in [5.41, 5.74) is -0.575. The molecule has 0 saturated carbocycles. The number of aromatic nitrogens is 4. The second kappa shape index (κ2) is 5.72. The van der Waals surface area contributed by atoms with Gasteiger partial charge in [-0.1, -0.05) is 0 Å². The van der Waals surface area contributed by atoms with Crippen LogP contribution in [0.3, 0.4) is 0 Å². The predicted molar refractivity (Wildman–Crippen MR) is 88.6 cm³/mol. The fraction of sp³-hybridized carbons (Fsp3) is 0.267. The molecule has 0 bridgehead atoms. The summed E-state index contributed by atoms with van der Waals surface area (Å²) in [5.74, 6) is 0.467. The Kier molecular flexibility index (Phi) is 3.49. The fourth-order valence-electron chi connectivity index (χ4n) is 2.80. The predicted octanol–water partition coefficient (Wildman–Crippen LogP) is 0.171. The molecule has 0 fully saturated rings. The van der Waals surface area contributed by atoms with Crippen LogP contribution < -0.4 is 20.7 Å². The Morgan fingerprint density at radius 2 is 2.12 bits per heavy atom. The average molecular weight is 359 g/mol. The van der Waals surface area contributed by atoms with Crippen LogP contribution in [0.2, 0.25) is 0 Å².